The Morgan fingerprint density at radius 2 is 1.73 bits per heavy atom. The first-order chi connectivity index (χ1) is 10.4. The average Bonchev–Trinajstić information content (AvgIpc) is 2.45. The Labute approximate surface area is 135 Å². The zero-order valence-electron chi connectivity index (χ0n) is 10.9. The molecule has 8 heteroatoms. The molecule has 2 aromatic rings. The lowest BCUT2D eigenvalue weighted by Gasteiger charge is -2.05. The monoisotopic (exact) mass is 340 g/mol. The summed E-state index contributed by atoms with van der Waals surface area (Å²) in [6.07, 6.45) is 1.30. The predicted molar refractivity (Wildman–Crippen MR) is 83.0 cm³/mol. The van der Waals surface area contributed by atoms with Gasteiger partial charge in [0, 0.05) is 22.7 Å². The van der Waals surface area contributed by atoms with Crippen LogP contribution in [-0.4, -0.2) is 27.4 Å². The minimum Gasteiger partial charge on any atom is -0.507 e. The fraction of sp³-hybridized carbons (Fsp3) is 0. The first kappa shape index (κ1) is 15.9. The van der Waals surface area contributed by atoms with Gasteiger partial charge in [-0.3, -0.25) is 4.79 Å². The smallest absolute Gasteiger partial charge is 0.275 e. The van der Waals surface area contributed by atoms with Crippen LogP contribution in [0.2, 0.25) is 10.0 Å². The van der Waals surface area contributed by atoms with E-state index in [1.54, 1.807) is 12.1 Å². The van der Waals surface area contributed by atoms with Gasteiger partial charge < -0.3 is 15.3 Å². The normalized spacial score (nSPS) is 10.8. The van der Waals surface area contributed by atoms with Crippen molar-refractivity contribution in [1.82, 2.24) is 5.43 Å². The van der Waals surface area contributed by atoms with Crippen LogP contribution in [0.25, 0.3) is 0 Å². The highest BCUT2D eigenvalue weighted by molar-refractivity contribution is 6.36. The van der Waals surface area contributed by atoms with Crippen LogP contribution in [0.3, 0.4) is 0 Å². The third kappa shape index (κ3) is 3.60. The van der Waals surface area contributed by atoms with E-state index in [-0.39, 0.29) is 5.56 Å². The molecule has 0 saturated carbocycles. The Kier molecular flexibility index (Phi) is 4.75. The van der Waals surface area contributed by atoms with Gasteiger partial charge in [-0.1, -0.05) is 29.3 Å². The van der Waals surface area contributed by atoms with Gasteiger partial charge in [0.15, 0.2) is 11.5 Å². The molecule has 0 spiro atoms. The maximum absolute atomic E-state index is 11.8. The fourth-order valence-electron chi connectivity index (χ4n) is 1.57. The second-order valence-electron chi connectivity index (χ2n) is 4.22. The van der Waals surface area contributed by atoms with E-state index in [1.807, 2.05) is 0 Å². The molecule has 114 valence electrons. The number of nitrogens with one attached hydrogen (secondary N) is 1. The number of carbonyl (C=O) groups is 1. The predicted octanol–water partition coefficient (Wildman–Crippen LogP) is 2.87. The summed E-state index contributed by atoms with van der Waals surface area (Å²) >= 11 is 11.7. The number of hydrogen-bond donors (Lipinski definition) is 4. The summed E-state index contributed by atoms with van der Waals surface area (Å²) in [5, 5.41) is 32.6. The molecular weight excluding hydrogens is 331 g/mol. The van der Waals surface area contributed by atoms with Crippen molar-refractivity contribution in [3.63, 3.8) is 0 Å². The summed E-state index contributed by atoms with van der Waals surface area (Å²) in [4.78, 5) is 11.8. The van der Waals surface area contributed by atoms with E-state index in [4.69, 9.17) is 23.2 Å². The van der Waals surface area contributed by atoms with Gasteiger partial charge in [0.2, 0.25) is 0 Å². The highest BCUT2D eigenvalue weighted by Crippen LogP contribution is 2.31. The van der Waals surface area contributed by atoms with Gasteiger partial charge in [0.1, 0.15) is 5.75 Å². The Balaban J connectivity index is 2.13. The summed E-state index contributed by atoms with van der Waals surface area (Å²) in [6, 6.07) is 6.52. The molecule has 6 nitrogen and oxygen atoms in total. The first-order valence-electron chi connectivity index (χ1n) is 5.92. The molecule has 22 heavy (non-hydrogen) atoms. The van der Waals surface area contributed by atoms with Gasteiger partial charge in [-0.15, -0.1) is 0 Å². The molecular formula is C14H10Cl2N2O4. The van der Waals surface area contributed by atoms with Crippen molar-refractivity contribution in [1.29, 1.82) is 0 Å². The Hall–Kier alpha value is -2.44. The van der Waals surface area contributed by atoms with Gasteiger partial charge in [0.25, 0.3) is 5.91 Å². The van der Waals surface area contributed by atoms with Crippen LogP contribution in [-0.2, 0) is 0 Å². The molecule has 0 radical (unpaired) electrons. The van der Waals surface area contributed by atoms with Gasteiger partial charge in [-0.25, -0.2) is 5.43 Å². The second-order valence-corrected chi connectivity index (χ2v) is 5.07. The van der Waals surface area contributed by atoms with Gasteiger partial charge >= 0.3 is 0 Å². The number of hydrogen-bond acceptors (Lipinski definition) is 5. The number of aromatic hydroxyl groups is 3. The zero-order chi connectivity index (χ0) is 16.3. The molecule has 0 aliphatic rings. The van der Waals surface area contributed by atoms with Gasteiger partial charge in [0.05, 0.1) is 16.8 Å². The lowest BCUT2D eigenvalue weighted by molar-refractivity contribution is 0.0952. The summed E-state index contributed by atoms with van der Waals surface area (Å²) in [6.45, 7) is 0. The lowest BCUT2D eigenvalue weighted by atomic mass is 10.1. The van der Waals surface area contributed by atoms with Crippen LogP contribution in [0, 0.1) is 0 Å². The summed E-state index contributed by atoms with van der Waals surface area (Å²) in [5.74, 6) is -2.33. The highest BCUT2D eigenvalue weighted by atomic mass is 35.5. The molecule has 1 amide bonds. The van der Waals surface area contributed by atoms with E-state index in [1.165, 1.54) is 12.3 Å². The zero-order valence-corrected chi connectivity index (χ0v) is 12.4. The van der Waals surface area contributed by atoms with Crippen molar-refractivity contribution in [3.05, 3.63) is 51.5 Å². The van der Waals surface area contributed by atoms with Gasteiger partial charge in [-0.2, -0.15) is 5.10 Å². The van der Waals surface area contributed by atoms with Crippen LogP contribution in [0.15, 0.2) is 35.4 Å². The quantitative estimate of drug-likeness (QED) is 0.298. The van der Waals surface area contributed by atoms with Crippen LogP contribution < -0.4 is 5.43 Å². The molecule has 2 aromatic carbocycles. The Morgan fingerprint density at radius 3 is 2.41 bits per heavy atom. The second kappa shape index (κ2) is 6.55. The molecule has 0 heterocycles. The van der Waals surface area contributed by atoms with E-state index in [9.17, 15) is 20.1 Å². The molecule has 0 bridgehead atoms. The topological polar surface area (TPSA) is 102 Å². The van der Waals surface area contributed by atoms with Crippen molar-refractivity contribution >= 4 is 35.3 Å². The number of carbonyl (C=O) groups excluding carboxylic acids is 1. The van der Waals surface area contributed by atoms with E-state index < -0.39 is 23.2 Å². The molecule has 0 saturated heterocycles. The third-order valence-corrected chi connectivity index (χ3v) is 3.23. The molecule has 0 atom stereocenters. The Morgan fingerprint density at radius 1 is 1.05 bits per heavy atom. The van der Waals surface area contributed by atoms with Crippen molar-refractivity contribution in [2.75, 3.05) is 0 Å². The number of halogens is 2. The number of rotatable bonds is 3. The van der Waals surface area contributed by atoms with E-state index >= 15 is 0 Å². The van der Waals surface area contributed by atoms with Crippen molar-refractivity contribution in [2.45, 2.75) is 0 Å². The van der Waals surface area contributed by atoms with E-state index in [0.717, 1.165) is 12.1 Å². The van der Waals surface area contributed by atoms with E-state index in [0.29, 0.717) is 15.6 Å². The third-order valence-electron chi connectivity index (χ3n) is 2.67. The molecule has 0 aromatic heterocycles. The van der Waals surface area contributed by atoms with E-state index in [2.05, 4.69) is 10.5 Å². The summed E-state index contributed by atoms with van der Waals surface area (Å²) in [7, 11) is 0. The number of nitrogens with zero attached hydrogens (tertiary/aromatic N) is 1. The molecule has 4 N–H and O–H groups in total. The molecule has 0 aliphatic carbocycles. The fourth-order valence-corrected chi connectivity index (χ4v) is 2.03. The minimum absolute atomic E-state index is 0.241. The van der Waals surface area contributed by atoms with Gasteiger partial charge in [-0.05, 0) is 12.1 Å². The van der Waals surface area contributed by atoms with Crippen LogP contribution in [0.5, 0.6) is 17.2 Å². The van der Waals surface area contributed by atoms with Crippen molar-refractivity contribution in [2.24, 2.45) is 5.10 Å². The number of amides is 1. The largest absolute Gasteiger partial charge is 0.507 e. The summed E-state index contributed by atoms with van der Waals surface area (Å²) < 4.78 is 0. The van der Waals surface area contributed by atoms with Crippen molar-refractivity contribution in [3.8, 4) is 17.2 Å². The maximum Gasteiger partial charge on any atom is 0.275 e. The molecule has 2 rings (SSSR count). The number of benzene rings is 2. The highest BCUT2D eigenvalue weighted by Gasteiger charge is 2.14. The number of hydrazone groups is 1. The first-order valence-corrected chi connectivity index (χ1v) is 6.67. The number of phenolic OH excluding ortho intramolecular Hbond substituents is 3. The van der Waals surface area contributed by atoms with Crippen LogP contribution >= 0.6 is 23.2 Å². The molecule has 0 fully saturated rings. The standard InChI is InChI=1S/C14H10Cl2N2O4/c15-8-2-1-7(10(16)3-8)6-17-18-14(22)9-4-12(20)13(21)5-11(9)19/h1-6,19-21H,(H,18,22)/b17-6+. The number of phenols is 3. The maximum atomic E-state index is 11.8. The van der Waals surface area contributed by atoms with Crippen LogP contribution in [0.4, 0.5) is 0 Å². The molecule has 0 aliphatic heterocycles. The average molecular weight is 341 g/mol. The SMILES string of the molecule is O=C(N/N=C/c1ccc(Cl)cc1Cl)c1cc(O)c(O)cc1O. The summed E-state index contributed by atoms with van der Waals surface area (Å²) in [5.41, 5.74) is 2.45. The molecule has 0 unspecified atom stereocenters. The lowest BCUT2D eigenvalue weighted by Crippen LogP contribution is -2.17. The Bertz CT molecular complexity index is 763. The minimum atomic E-state index is -0.769. The van der Waals surface area contributed by atoms with Crippen LogP contribution in [0.1, 0.15) is 15.9 Å². The van der Waals surface area contributed by atoms with Crippen molar-refractivity contribution < 1.29 is 20.1 Å².